The van der Waals surface area contributed by atoms with Gasteiger partial charge in [0.15, 0.2) is 0 Å². The molecule has 84 valence electrons. The smallest absolute Gasteiger partial charge is 0.103 e. The van der Waals surface area contributed by atoms with Crippen molar-refractivity contribution in [2.45, 2.75) is 19.8 Å². The summed E-state index contributed by atoms with van der Waals surface area (Å²) in [4.78, 5) is 2.28. The zero-order valence-electron chi connectivity index (χ0n) is 9.41. The summed E-state index contributed by atoms with van der Waals surface area (Å²) < 4.78 is 0. The van der Waals surface area contributed by atoms with Gasteiger partial charge in [-0.25, -0.2) is 0 Å². The molecule has 0 saturated carbocycles. The van der Waals surface area contributed by atoms with Gasteiger partial charge in [0.2, 0.25) is 0 Å². The van der Waals surface area contributed by atoms with Gasteiger partial charge in [-0.1, -0.05) is 31.0 Å². The van der Waals surface area contributed by atoms with E-state index >= 15 is 0 Å². The van der Waals surface area contributed by atoms with Crippen LogP contribution in [0.1, 0.15) is 25.3 Å². The summed E-state index contributed by atoms with van der Waals surface area (Å²) in [5.74, 6) is 0.755. The molecule has 1 aromatic rings. The van der Waals surface area contributed by atoms with Crippen molar-refractivity contribution in [2.75, 3.05) is 18.0 Å². The molecule has 2 nitrogen and oxygen atoms in total. The van der Waals surface area contributed by atoms with E-state index in [0.717, 1.165) is 24.7 Å². The van der Waals surface area contributed by atoms with Gasteiger partial charge in [-0.2, -0.15) is 5.26 Å². The first-order chi connectivity index (χ1) is 7.76. The molecule has 16 heavy (non-hydrogen) atoms. The number of anilines is 1. The molecule has 0 aromatic heterocycles. The molecule has 2 rings (SSSR count). The fourth-order valence-corrected chi connectivity index (χ4v) is 2.48. The van der Waals surface area contributed by atoms with E-state index in [1.807, 2.05) is 12.1 Å². The zero-order chi connectivity index (χ0) is 11.5. The highest BCUT2D eigenvalue weighted by molar-refractivity contribution is 6.32. The molecular formula is C13H15ClN2. The summed E-state index contributed by atoms with van der Waals surface area (Å²) in [5, 5.41) is 9.68. The average Bonchev–Trinajstić information content (AvgIpc) is 2.77. The van der Waals surface area contributed by atoms with Crippen molar-refractivity contribution in [3.63, 3.8) is 0 Å². The van der Waals surface area contributed by atoms with Crippen molar-refractivity contribution < 1.29 is 0 Å². The molecular weight excluding hydrogens is 220 g/mol. The van der Waals surface area contributed by atoms with Crippen LogP contribution in [0.4, 0.5) is 5.69 Å². The van der Waals surface area contributed by atoms with Gasteiger partial charge in [-0.3, -0.25) is 0 Å². The van der Waals surface area contributed by atoms with Crippen LogP contribution >= 0.6 is 11.6 Å². The van der Waals surface area contributed by atoms with E-state index < -0.39 is 0 Å². The molecule has 1 unspecified atom stereocenters. The van der Waals surface area contributed by atoms with Gasteiger partial charge in [-0.05, 0) is 24.5 Å². The Morgan fingerprint density at radius 3 is 3.00 bits per heavy atom. The minimum atomic E-state index is 0.556. The zero-order valence-corrected chi connectivity index (χ0v) is 10.2. The molecule has 1 aliphatic rings. The van der Waals surface area contributed by atoms with E-state index in [-0.39, 0.29) is 0 Å². The van der Waals surface area contributed by atoms with E-state index in [1.54, 1.807) is 6.07 Å². The Kier molecular flexibility index (Phi) is 3.36. The monoisotopic (exact) mass is 234 g/mol. The first-order valence-corrected chi connectivity index (χ1v) is 6.07. The van der Waals surface area contributed by atoms with Crippen molar-refractivity contribution >= 4 is 17.3 Å². The van der Waals surface area contributed by atoms with Gasteiger partial charge in [0.1, 0.15) is 6.07 Å². The van der Waals surface area contributed by atoms with Crippen LogP contribution in [0, 0.1) is 17.2 Å². The van der Waals surface area contributed by atoms with Crippen LogP contribution in [0.3, 0.4) is 0 Å². The molecule has 0 radical (unpaired) electrons. The average molecular weight is 235 g/mol. The molecule has 1 aromatic carbocycles. The third-order valence-electron chi connectivity index (χ3n) is 3.31. The quantitative estimate of drug-likeness (QED) is 0.784. The van der Waals surface area contributed by atoms with Crippen LogP contribution in [0.2, 0.25) is 5.02 Å². The van der Waals surface area contributed by atoms with E-state index in [9.17, 15) is 0 Å². The van der Waals surface area contributed by atoms with E-state index in [2.05, 4.69) is 17.9 Å². The normalized spacial score (nSPS) is 19.8. The largest absolute Gasteiger partial charge is 0.370 e. The van der Waals surface area contributed by atoms with Crippen LogP contribution < -0.4 is 4.90 Å². The van der Waals surface area contributed by atoms with Crippen LogP contribution in [-0.2, 0) is 0 Å². The lowest BCUT2D eigenvalue weighted by molar-refractivity contribution is 0.569. The molecule has 0 aliphatic carbocycles. The van der Waals surface area contributed by atoms with E-state index in [4.69, 9.17) is 16.9 Å². The van der Waals surface area contributed by atoms with Gasteiger partial charge >= 0.3 is 0 Å². The second-order valence-corrected chi connectivity index (χ2v) is 4.66. The lowest BCUT2D eigenvalue weighted by Gasteiger charge is -2.20. The van der Waals surface area contributed by atoms with E-state index in [0.29, 0.717) is 10.6 Å². The first-order valence-electron chi connectivity index (χ1n) is 5.69. The minimum Gasteiger partial charge on any atom is -0.370 e. The summed E-state index contributed by atoms with van der Waals surface area (Å²) in [6.45, 7) is 4.30. The first kappa shape index (κ1) is 11.3. The maximum Gasteiger partial charge on any atom is 0.103 e. The lowest BCUT2D eigenvalue weighted by Crippen LogP contribution is -2.20. The van der Waals surface area contributed by atoms with Crippen LogP contribution in [0.5, 0.6) is 0 Å². The van der Waals surface area contributed by atoms with Crippen molar-refractivity contribution in [1.82, 2.24) is 0 Å². The number of nitriles is 1. The van der Waals surface area contributed by atoms with Crippen LogP contribution in [-0.4, -0.2) is 13.1 Å². The summed E-state index contributed by atoms with van der Waals surface area (Å²) in [6.07, 6.45) is 2.42. The Balaban J connectivity index is 2.28. The Morgan fingerprint density at radius 2 is 2.38 bits per heavy atom. The number of benzene rings is 1. The summed E-state index contributed by atoms with van der Waals surface area (Å²) >= 11 is 6.03. The molecule has 0 bridgehead atoms. The highest BCUT2D eigenvalue weighted by Crippen LogP contribution is 2.31. The fourth-order valence-electron chi connectivity index (χ4n) is 2.27. The number of hydrogen-bond donors (Lipinski definition) is 0. The molecule has 1 aliphatic heterocycles. The van der Waals surface area contributed by atoms with Gasteiger partial charge in [0.05, 0.1) is 16.3 Å². The SMILES string of the molecule is CCC1CCN(c2cccc(Cl)c2C#N)C1. The number of nitrogens with zero attached hydrogens (tertiary/aromatic N) is 2. The molecule has 1 atom stereocenters. The number of halogens is 1. The second-order valence-electron chi connectivity index (χ2n) is 4.25. The summed E-state index contributed by atoms with van der Waals surface area (Å²) in [5.41, 5.74) is 1.60. The van der Waals surface area contributed by atoms with Crippen molar-refractivity contribution in [3.8, 4) is 6.07 Å². The van der Waals surface area contributed by atoms with Gasteiger partial charge in [0.25, 0.3) is 0 Å². The lowest BCUT2D eigenvalue weighted by atomic mass is 10.1. The standard InChI is InChI=1S/C13H15ClN2/c1-2-10-6-7-16(9-10)13-5-3-4-12(14)11(13)8-15/h3-5,10H,2,6-7,9H2,1H3. The molecule has 1 fully saturated rings. The third-order valence-corrected chi connectivity index (χ3v) is 3.62. The van der Waals surface area contributed by atoms with Gasteiger partial charge < -0.3 is 4.90 Å². The predicted octanol–water partition coefficient (Wildman–Crippen LogP) is 3.45. The van der Waals surface area contributed by atoms with Crippen molar-refractivity contribution in [3.05, 3.63) is 28.8 Å². The Labute approximate surface area is 101 Å². The fraction of sp³-hybridized carbons (Fsp3) is 0.462. The Morgan fingerprint density at radius 1 is 1.56 bits per heavy atom. The molecule has 1 saturated heterocycles. The molecule has 0 spiro atoms. The van der Waals surface area contributed by atoms with E-state index in [1.165, 1.54) is 12.8 Å². The molecule has 0 N–H and O–H groups in total. The van der Waals surface area contributed by atoms with Gasteiger partial charge in [-0.15, -0.1) is 0 Å². The summed E-state index contributed by atoms with van der Waals surface area (Å²) in [6, 6.07) is 7.88. The van der Waals surface area contributed by atoms with Crippen molar-refractivity contribution in [2.24, 2.45) is 5.92 Å². The maximum atomic E-state index is 9.12. The second kappa shape index (κ2) is 4.76. The summed E-state index contributed by atoms with van der Waals surface area (Å²) in [7, 11) is 0. The van der Waals surface area contributed by atoms with Gasteiger partial charge in [0, 0.05) is 13.1 Å². The van der Waals surface area contributed by atoms with Crippen LogP contribution in [0.15, 0.2) is 18.2 Å². The maximum absolute atomic E-state index is 9.12. The number of hydrogen-bond acceptors (Lipinski definition) is 2. The highest BCUT2D eigenvalue weighted by atomic mass is 35.5. The third kappa shape index (κ3) is 2.01. The molecule has 1 heterocycles. The van der Waals surface area contributed by atoms with Crippen LogP contribution in [0.25, 0.3) is 0 Å². The molecule has 0 amide bonds. The number of rotatable bonds is 2. The molecule has 3 heteroatoms. The minimum absolute atomic E-state index is 0.556. The Bertz CT molecular complexity index is 422. The van der Waals surface area contributed by atoms with Crippen molar-refractivity contribution in [1.29, 1.82) is 5.26 Å². The predicted molar refractivity (Wildman–Crippen MR) is 66.8 cm³/mol. The topological polar surface area (TPSA) is 27.0 Å². The highest BCUT2D eigenvalue weighted by Gasteiger charge is 2.23. The Hall–Kier alpha value is -1.20.